The largest absolute Gasteiger partial charge is 0.519 e. The summed E-state index contributed by atoms with van der Waals surface area (Å²) in [6.45, 7) is 8.99. The van der Waals surface area contributed by atoms with Gasteiger partial charge < -0.3 is 18.5 Å². The number of hydrogen-bond acceptors (Lipinski definition) is 5. The molecule has 3 rings (SSSR count). The van der Waals surface area contributed by atoms with Gasteiger partial charge in [-0.05, 0) is 43.2 Å². The number of hydrogen-bond donors (Lipinski definition) is 0. The Labute approximate surface area is 160 Å². The Morgan fingerprint density at radius 3 is 2.52 bits per heavy atom. The van der Waals surface area contributed by atoms with E-state index in [0.717, 1.165) is 19.3 Å². The summed E-state index contributed by atoms with van der Waals surface area (Å²) in [4.78, 5) is 24.9. The van der Waals surface area contributed by atoms with Gasteiger partial charge in [0.15, 0.2) is 18.1 Å². The first-order chi connectivity index (χ1) is 13.1. The van der Waals surface area contributed by atoms with E-state index in [1.807, 2.05) is 13.8 Å². The standard InChI is InChI=1S/C19H23NO5.C2H6/c1-3-14-5-4-6-16(11-14)15-7-9-20(10-8-15)18(21)23-12-17-13(2)24-19(22)25-17;1-2/h4-6,11,15H,3,7-10,12H2,1-2H3;1-2H3. The summed E-state index contributed by atoms with van der Waals surface area (Å²) >= 11 is 0. The van der Waals surface area contributed by atoms with Gasteiger partial charge in [0.05, 0.1) is 0 Å². The zero-order valence-corrected chi connectivity index (χ0v) is 16.6. The van der Waals surface area contributed by atoms with Crippen LogP contribution in [0.4, 0.5) is 4.79 Å². The van der Waals surface area contributed by atoms with Gasteiger partial charge >= 0.3 is 11.9 Å². The van der Waals surface area contributed by atoms with Crippen molar-refractivity contribution in [1.29, 1.82) is 0 Å². The summed E-state index contributed by atoms with van der Waals surface area (Å²) in [5.41, 5.74) is 2.69. The number of benzene rings is 1. The molecule has 6 nitrogen and oxygen atoms in total. The summed E-state index contributed by atoms with van der Waals surface area (Å²) in [7, 11) is 0. The molecule has 1 aromatic carbocycles. The van der Waals surface area contributed by atoms with Crippen LogP contribution < -0.4 is 5.82 Å². The predicted molar refractivity (Wildman–Crippen MR) is 103 cm³/mol. The fraction of sp³-hybridized carbons (Fsp3) is 0.524. The van der Waals surface area contributed by atoms with Crippen LogP contribution in [-0.4, -0.2) is 24.1 Å². The van der Waals surface area contributed by atoms with E-state index in [0.29, 0.717) is 24.8 Å². The second kappa shape index (κ2) is 10.00. The second-order valence-electron chi connectivity index (χ2n) is 6.35. The molecule has 0 bridgehead atoms. The molecule has 1 aliphatic heterocycles. The molecule has 0 radical (unpaired) electrons. The average molecular weight is 375 g/mol. The number of carbonyl (C=O) groups excluding carboxylic acids is 1. The Morgan fingerprint density at radius 2 is 1.93 bits per heavy atom. The molecule has 0 N–H and O–H groups in total. The van der Waals surface area contributed by atoms with Crippen LogP contribution in [0.2, 0.25) is 0 Å². The van der Waals surface area contributed by atoms with Crippen molar-refractivity contribution < 1.29 is 18.4 Å². The number of piperidine rings is 1. The summed E-state index contributed by atoms with van der Waals surface area (Å²) in [6, 6.07) is 8.69. The first-order valence-electron chi connectivity index (χ1n) is 9.66. The maximum Gasteiger partial charge on any atom is 0.519 e. The molecule has 0 atom stereocenters. The molecule has 148 valence electrons. The van der Waals surface area contributed by atoms with Gasteiger partial charge in [-0.15, -0.1) is 0 Å². The van der Waals surface area contributed by atoms with Crippen LogP contribution in [-0.2, 0) is 17.8 Å². The Hall–Kier alpha value is -2.50. The number of carbonyl (C=O) groups is 1. The third-order valence-corrected chi connectivity index (χ3v) is 4.75. The Balaban J connectivity index is 0.00000126. The lowest BCUT2D eigenvalue weighted by Crippen LogP contribution is -2.38. The van der Waals surface area contributed by atoms with Crippen LogP contribution in [0.15, 0.2) is 37.9 Å². The van der Waals surface area contributed by atoms with E-state index in [2.05, 4.69) is 31.2 Å². The van der Waals surface area contributed by atoms with Gasteiger partial charge in [0, 0.05) is 13.1 Å². The zero-order chi connectivity index (χ0) is 19.8. The monoisotopic (exact) mass is 375 g/mol. The molecule has 2 heterocycles. The summed E-state index contributed by atoms with van der Waals surface area (Å²) < 4.78 is 14.8. The molecule has 1 saturated heterocycles. The normalized spacial score (nSPS) is 14.4. The number of amides is 1. The zero-order valence-electron chi connectivity index (χ0n) is 16.6. The van der Waals surface area contributed by atoms with Gasteiger partial charge in [-0.25, -0.2) is 9.59 Å². The Bertz CT molecular complexity index is 784. The fourth-order valence-corrected chi connectivity index (χ4v) is 3.19. The number of aryl methyl sites for hydroxylation is 2. The van der Waals surface area contributed by atoms with Gasteiger partial charge in [-0.2, -0.15) is 0 Å². The minimum absolute atomic E-state index is 0.0884. The van der Waals surface area contributed by atoms with Crippen LogP contribution in [0.25, 0.3) is 0 Å². The van der Waals surface area contributed by atoms with E-state index in [1.54, 1.807) is 11.8 Å². The van der Waals surface area contributed by atoms with Gasteiger partial charge in [0.25, 0.3) is 0 Å². The highest BCUT2D eigenvalue weighted by molar-refractivity contribution is 5.67. The van der Waals surface area contributed by atoms with Gasteiger partial charge in [0.2, 0.25) is 0 Å². The molecule has 0 aliphatic carbocycles. The van der Waals surface area contributed by atoms with E-state index < -0.39 is 5.82 Å². The smallest absolute Gasteiger partial charge is 0.441 e. The van der Waals surface area contributed by atoms with Crippen molar-refractivity contribution in [3.05, 3.63) is 57.5 Å². The summed E-state index contributed by atoms with van der Waals surface area (Å²) in [5.74, 6) is 0.292. The first kappa shape index (κ1) is 20.8. The van der Waals surface area contributed by atoms with Crippen molar-refractivity contribution >= 4 is 6.09 Å². The van der Waals surface area contributed by atoms with Crippen LogP contribution >= 0.6 is 0 Å². The molecule has 0 spiro atoms. The van der Waals surface area contributed by atoms with E-state index in [9.17, 15) is 9.59 Å². The van der Waals surface area contributed by atoms with Crippen LogP contribution in [0, 0.1) is 6.92 Å². The van der Waals surface area contributed by atoms with Gasteiger partial charge in [0.1, 0.15) is 0 Å². The van der Waals surface area contributed by atoms with Crippen LogP contribution in [0.3, 0.4) is 0 Å². The van der Waals surface area contributed by atoms with E-state index >= 15 is 0 Å². The molecule has 0 unspecified atom stereocenters. The van der Waals surface area contributed by atoms with Crippen molar-refractivity contribution in [2.75, 3.05) is 13.1 Å². The minimum Gasteiger partial charge on any atom is -0.441 e. The lowest BCUT2D eigenvalue weighted by atomic mass is 9.88. The molecule has 0 saturated carbocycles. The van der Waals surface area contributed by atoms with E-state index in [-0.39, 0.29) is 18.5 Å². The Morgan fingerprint density at radius 1 is 1.22 bits per heavy atom. The van der Waals surface area contributed by atoms with Crippen molar-refractivity contribution in [2.45, 2.75) is 59.5 Å². The lowest BCUT2D eigenvalue weighted by molar-refractivity contribution is 0.0808. The van der Waals surface area contributed by atoms with Crippen LogP contribution in [0.1, 0.15) is 62.2 Å². The van der Waals surface area contributed by atoms with Crippen molar-refractivity contribution in [1.82, 2.24) is 4.90 Å². The number of nitrogens with zero attached hydrogens (tertiary/aromatic N) is 1. The van der Waals surface area contributed by atoms with E-state index in [4.69, 9.17) is 13.6 Å². The SMILES string of the molecule is CC.CCc1cccc(C2CCN(C(=O)OCc3oc(=O)oc3C)CC2)c1. The summed E-state index contributed by atoms with van der Waals surface area (Å²) in [6.07, 6.45) is 2.48. The maximum absolute atomic E-state index is 12.2. The topological polar surface area (TPSA) is 72.9 Å². The Kier molecular flexibility index (Phi) is 7.70. The molecule has 1 amide bonds. The lowest BCUT2D eigenvalue weighted by Gasteiger charge is -2.31. The van der Waals surface area contributed by atoms with E-state index in [1.165, 1.54) is 11.1 Å². The van der Waals surface area contributed by atoms with Crippen molar-refractivity contribution in [3.8, 4) is 0 Å². The molecule has 1 aliphatic rings. The molecule has 2 aromatic rings. The quantitative estimate of drug-likeness (QED) is 0.778. The van der Waals surface area contributed by atoms with Crippen molar-refractivity contribution in [3.63, 3.8) is 0 Å². The molecule has 27 heavy (non-hydrogen) atoms. The maximum atomic E-state index is 12.2. The molecule has 6 heteroatoms. The second-order valence-corrected chi connectivity index (χ2v) is 6.35. The van der Waals surface area contributed by atoms with Crippen molar-refractivity contribution in [2.24, 2.45) is 0 Å². The first-order valence-corrected chi connectivity index (χ1v) is 9.66. The van der Waals surface area contributed by atoms with Gasteiger partial charge in [-0.1, -0.05) is 45.0 Å². The predicted octanol–water partition coefficient (Wildman–Crippen LogP) is 4.65. The number of rotatable bonds is 4. The highest BCUT2D eigenvalue weighted by atomic mass is 16.6. The number of ether oxygens (including phenoxy) is 1. The minimum atomic E-state index is -0.779. The average Bonchev–Trinajstić information content (AvgIpc) is 3.05. The third-order valence-electron chi connectivity index (χ3n) is 4.75. The summed E-state index contributed by atoms with van der Waals surface area (Å²) in [5, 5.41) is 0. The molecular formula is C21H29NO5. The van der Waals surface area contributed by atoms with Gasteiger partial charge in [-0.3, -0.25) is 0 Å². The molecular weight excluding hydrogens is 346 g/mol. The fourth-order valence-electron chi connectivity index (χ4n) is 3.19. The third kappa shape index (κ3) is 5.49. The van der Waals surface area contributed by atoms with Crippen LogP contribution in [0.5, 0.6) is 0 Å². The molecule has 1 aromatic heterocycles. The highest BCUT2D eigenvalue weighted by Gasteiger charge is 2.25. The highest BCUT2D eigenvalue weighted by Crippen LogP contribution is 2.29. The molecule has 1 fully saturated rings. The number of likely N-dealkylation sites (tertiary alicyclic amines) is 1.